The second-order valence-electron chi connectivity index (χ2n) is 5.79. The van der Waals surface area contributed by atoms with Crippen LogP contribution in [0.15, 0.2) is 65.5 Å². The van der Waals surface area contributed by atoms with Crippen LogP contribution in [0.3, 0.4) is 0 Å². The molecule has 0 aliphatic carbocycles. The molecule has 0 saturated carbocycles. The van der Waals surface area contributed by atoms with E-state index in [1.807, 2.05) is 0 Å². The van der Waals surface area contributed by atoms with E-state index in [4.69, 9.17) is 0 Å². The topological polar surface area (TPSA) is 51.3 Å². The summed E-state index contributed by atoms with van der Waals surface area (Å²) >= 11 is 0. The number of benzene rings is 2. The number of nitrogens with one attached hydrogen (secondary N) is 1. The van der Waals surface area contributed by atoms with Crippen molar-refractivity contribution >= 4 is 0 Å². The first-order valence-electron chi connectivity index (χ1n) is 7.95. The third kappa shape index (κ3) is 5.77. The van der Waals surface area contributed by atoms with E-state index >= 15 is 0 Å². The molecule has 0 amide bonds. The van der Waals surface area contributed by atoms with E-state index in [0.717, 1.165) is 36.4 Å². The Hall–Kier alpha value is -3.43. The van der Waals surface area contributed by atoms with Gasteiger partial charge in [0.1, 0.15) is 11.5 Å². The van der Waals surface area contributed by atoms with E-state index in [0.29, 0.717) is 0 Å². The molecule has 4 nitrogen and oxygen atoms in total. The average molecular weight is 415 g/mol. The summed E-state index contributed by atoms with van der Waals surface area (Å²) < 4.78 is 82.2. The molecule has 0 fully saturated rings. The van der Waals surface area contributed by atoms with Crippen LogP contribution in [0.25, 0.3) is 22.5 Å². The Morgan fingerprint density at radius 3 is 1.45 bits per heavy atom. The van der Waals surface area contributed by atoms with Gasteiger partial charge in [0, 0.05) is 34.6 Å². The van der Waals surface area contributed by atoms with Gasteiger partial charge in [-0.3, -0.25) is 4.79 Å². The highest BCUT2D eigenvalue weighted by Gasteiger charge is 2.31. The Labute approximate surface area is 159 Å². The highest BCUT2D eigenvalue weighted by Crippen LogP contribution is 2.30. The fourth-order valence-electron chi connectivity index (χ4n) is 2.58. The first-order valence-corrected chi connectivity index (χ1v) is 7.95. The molecule has 0 bridgehead atoms. The number of hydrogen-bond donors (Lipinski definition) is 1. The predicted octanol–water partition coefficient (Wildman–Crippen LogP) is 5.51. The number of rotatable bonds is 4. The molecule has 29 heavy (non-hydrogen) atoms. The van der Waals surface area contributed by atoms with Crippen LogP contribution in [-0.2, 0) is 0 Å². The van der Waals surface area contributed by atoms with Crippen LogP contribution in [0.5, 0.6) is 11.5 Å². The Kier molecular flexibility index (Phi) is 5.27. The molecule has 0 spiro atoms. The molecule has 0 atom stereocenters. The second-order valence-corrected chi connectivity index (χ2v) is 5.79. The van der Waals surface area contributed by atoms with Crippen LogP contribution in [0.2, 0.25) is 0 Å². The summed E-state index contributed by atoms with van der Waals surface area (Å²) in [5.41, 5.74) is 0.240. The highest BCUT2D eigenvalue weighted by atomic mass is 19.4. The minimum absolute atomic E-state index is 0.155. The maximum atomic E-state index is 12.4. The number of pyridine rings is 1. The zero-order valence-corrected chi connectivity index (χ0v) is 14.3. The molecule has 152 valence electrons. The van der Waals surface area contributed by atoms with E-state index in [1.165, 1.54) is 24.3 Å². The minimum atomic E-state index is -4.88. The Morgan fingerprint density at radius 1 is 0.655 bits per heavy atom. The number of H-pyrrole nitrogens is 1. The van der Waals surface area contributed by atoms with Gasteiger partial charge in [-0.2, -0.15) is 0 Å². The molecule has 0 aliphatic heterocycles. The Morgan fingerprint density at radius 2 is 1.07 bits per heavy atom. The van der Waals surface area contributed by atoms with E-state index in [9.17, 15) is 31.1 Å². The van der Waals surface area contributed by atoms with Crippen molar-refractivity contribution < 1.29 is 35.8 Å². The summed E-state index contributed by atoms with van der Waals surface area (Å²) in [5.74, 6) is -0.969. The fraction of sp³-hybridized carbons (Fsp3) is 0.105. The molecule has 10 heteroatoms. The molecular formula is C19H11F6NO3. The van der Waals surface area contributed by atoms with Crippen molar-refractivity contribution in [2.45, 2.75) is 12.7 Å². The predicted molar refractivity (Wildman–Crippen MR) is 91.3 cm³/mol. The largest absolute Gasteiger partial charge is 0.573 e. The first-order chi connectivity index (χ1) is 13.5. The van der Waals surface area contributed by atoms with Gasteiger partial charge in [0.25, 0.3) is 0 Å². The molecule has 3 rings (SSSR count). The van der Waals surface area contributed by atoms with Crippen molar-refractivity contribution in [3.8, 4) is 34.0 Å². The van der Waals surface area contributed by atoms with Gasteiger partial charge >= 0.3 is 12.7 Å². The summed E-state index contributed by atoms with van der Waals surface area (Å²) in [4.78, 5) is 14.9. The van der Waals surface area contributed by atoms with Crippen LogP contribution < -0.4 is 14.9 Å². The number of aromatic amines is 1. The molecule has 2 aromatic carbocycles. The summed E-state index contributed by atoms with van der Waals surface area (Å²) in [6, 6.07) is 12.1. The number of ether oxygens (including phenoxy) is 2. The van der Waals surface area contributed by atoms with Gasteiger partial charge in [-0.1, -0.05) is 24.3 Å². The Bertz CT molecular complexity index is 992. The number of halogens is 6. The van der Waals surface area contributed by atoms with Crippen molar-refractivity contribution in [1.82, 2.24) is 4.98 Å². The lowest BCUT2D eigenvalue weighted by atomic mass is 10.1. The van der Waals surface area contributed by atoms with Gasteiger partial charge in [0.2, 0.25) is 0 Å². The summed E-state index contributed by atoms with van der Waals surface area (Å²) in [7, 11) is 0. The molecule has 1 heterocycles. The SMILES string of the molecule is O=c1cc(-c2cccc(OC(F)(F)F)c2)[nH]c(-c2cccc(OC(F)(F)F)c2)c1. The van der Waals surface area contributed by atoms with Gasteiger partial charge in [-0.25, -0.2) is 0 Å². The minimum Gasteiger partial charge on any atom is -0.406 e. The van der Waals surface area contributed by atoms with E-state index in [-0.39, 0.29) is 22.5 Å². The second kappa shape index (κ2) is 7.53. The van der Waals surface area contributed by atoms with E-state index in [2.05, 4.69) is 14.5 Å². The maximum absolute atomic E-state index is 12.4. The Balaban J connectivity index is 1.99. The zero-order valence-electron chi connectivity index (χ0n) is 14.3. The smallest absolute Gasteiger partial charge is 0.406 e. The molecule has 0 saturated heterocycles. The molecule has 0 radical (unpaired) electrons. The van der Waals surface area contributed by atoms with Gasteiger partial charge in [0.05, 0.1) is 0 Å². The lowest BCUT2D eigenvalue weighted by Crippen LogP contribution is -2.17. The zero-order chi connectivity index (χ0) is 21.2. The number of hydrogen-bond acceptors (Lipinski definition) is 3. The third-order valence-corrected chi connectivity index (χ3v) is 3.60. The maximum Gasteiger partial charge on any atom is 0.573 e. The first kappa shape index (κ1) is 20.3. The third-order valence-electron chi connectivity index (χ3n) is 3.60. The van der Waals surface area contributed by atoms with Crippen molar-refractivity contribution in [2.24, 2.45) is 0 Å². The fourth-order valence-corrected chi connectivity index (χ4v) is 2.58. The standard InChI is InChI=1S/C19H11F6NO3/c20-18(21,22)28-14-5-1-3-11(7-14)16-9-13(27)10-17(26-16)12-4-2-6-15(8-12)29-19(23,24)25/h1-10H,(H,26,27). The molecule has 3 aromatic rings. The van der Waals surface area contributed by atoms with Gasteiger partial charge in [-0.05, 0) is 24.3 Å². The number of aromatic nitrogens is 1. The van der Waals surface area contributed by atoms with Crippen molar-refractivity contribution in [2.75, 3.05) is 0 Å². The van der Waals surface area contributed by atoms with Crippen LogP contribution in [-0.4, -0.2) is 17.7 Å². The van der Waals surface area contributed by atoms with Gasteiger partial charge in [-0.15, -0.1) is 26.3 Å². The van der Waals surface area contributed by atoms with Crippen LogP contribution in [0.1, 0.15) is 0 Å². The lowest BCUT2D eigenvalue weighted by molar-refractivity contribution is -0.275. The molecule has 0 aliphatic rings. The normalized spacial score (nSPS) is 11.9. The molecule has 1 N–H and O–H groups in total. The van der Waals surface area contributed by atoms with Crippen molar-refractivity contribution in [3.63, 3.8) is 0 Å². The monoisotopic (exact) mass is 415 g/mol. The molecule has 0 unspecified atom stereocenters. The summed E-state index contributed by atoms with van der Waals surface area (Å²) in [6.07, 6.45) is -9.76. The van der Waals surface area contributed by atoms with Gasteiger partial charge < -0.3 is 14.5 Å². The highest BCUT2D eigenvalue weighted by molar-refractivity contribution is 5.67. The quantitative estimate of drug-likeness (QED) is 0.572. The van der Waals surface area contributed by atoms with Gasteiger partial charge in [0.15, 0.2) is 5.43 Å². The van der Waals surface area contributed by atoms with Crippen LogP contribution >= 0.6 is 0 Å². The van der Waals surface area contributed by atoms with Crippen LogP contribution in [0.4, 0.5) is 26.3 Å². The summed E-state index contributed by atoms with van der Waals surface area (Å²) in [5, 5.41) is 0. The van der Waals surface area contributed by atoms with Crippen LogP contribution in [0, 0.1) is 0 Å². The van der Waals surface area contributed by atoms with E-state index < -0.39 is 29.7 Å². The number of alkyl halides is 6. The van der Waals surface area contributed by atoms with Crippen molar-refractivity contribution in [3.05, 3.63) is 70.9 Å². The van der Waals surface area contributed by atoms with Crippen molar-refractivity contribution in [1.29, 1.82) is 0 Å². The average Bonchev–Trinajstić information content (AvgIpc) is 2.59. The molecule has 1 aromatic heterocycles. The lowest BCUT2D eigenvalue weighted by Gasteiger charge is -2.12. The van der Waals surface area contributed by atoms with E-state index in [1.54, 1.807) is 0 Å². The molecular weight excluding hydrogens is 404 g/mol. The summed E-state index contributed by atoms with van der Waals surface area (Å²) in [6.45, 7) is 0.